The fraction of sp³-hybridized carbons (Fsp3) is 0.667. The summed E-state index contributed by atoms with van der Waals surface area (Å²) in [6, 6.07) is 0.678. The van der Waals surface area contributed by atoms with Crippen molar-refractivity contribution in [2.75, 3.05) is 26.2 Å². The van der Waals surface area contributed by atoms with Crippen molar-refractivity contribution in [3.05, 3.63) is 23.8 Å². The van der Waals surface area contributed by atoms with Gasteiger partial charge in [-0.3, -0.25) is 4.90 Å². The molecular formula is C15H23N5O. The van der Waals surface area contributed by atoms with Gasteiger partial charge >= 0.3 is 6.03 Å². The lowest BCUT2D eigenvalue weighted by Crippen LogP contribution is -2.45. The van der Waals surface area contributed by atoms with Crippen LogP contribution in [0.5, 0.6) is 0 Å². The highest BCUT2D eigenvalue weighted by molar-refractivity contribution is 5.74. The molecule has 0 aromatic carbocycles. The molecule has 21 heavy (non-hydrogen) atoms. The Morgan fingerprint density at radius 1 is 1.48 bits per heavy atom. The Bertz CT molecular complexity index is 507. The molecule has 2 aliphatic heterocycles. The van der Waals surface area contributed by atoms with E-state index in [1.165, 1.54) is 12.8 Å². The number of hydrogen-bond donors (Lipinski definition) is 1. The number of rotatable bonds is 3. The molecule has 0 bridgehead atoms. The van der Waals surface area contributed by atoms with Crippen LogP contribution in [0.2, 0.25) is 0 Å². The molecule has 1 saturated heterocycles. The van der Waals surface area contributed by atoms with Crippen LogP contribution in [0.15, 0.2) is 12.5 Å². The Kier molecular flexibility index (Phi) is 4.34. The molecule has 6 nitrogen and oxygen atoms in total. The smallest absolute Gasteiger partial charge is 0.317 e. The van der Waals surface area contributed by atoms with Gasteiger partial charge in [0, 0.05) is 43.9 Å². The third-order valence-corrected chi connectivity index (χ3v) is 4.51. The number of fused-ring (bicyclic) bond motifs is 1. The van der Waals surface area contributed by atoms with E-state index in [1.54, 1.807) is 6.33 Å². The molecule has 6 heteroatoms. The molecule has 1 unspecified atom stereocenters. The van der Waals surface area contributed by atoms with E-state index in [4.69, 9.17) is 0 Å². The normalized spacial score (nSPS) is 22.1. The molecular weight excluding hydrogens is 266 g/mol. The monoisotopic (exact) mass is 289 g/mol. The first-order valence-electron chi connectivity index (χ1n) is 7.78. The number of carbonyl (C=O) groups excluding carboxylic acids is 1. The van der Waals surface area contributed by atoms with E-state index in [-0.39, 0.29) is 6.03 Å². The Hall–Kier alpha value is -1.69. The van der Waals surface area contributed by atoms with Crippen molar-refractivity contribution < 1.29 is 4.79 Å². The summed E-state index contributed by atoms with van der Waals surface area (Å²) in [5, 5.41) is 3.04. The minimum absolute atomic E-state index is 0.0244. The predicted molar refractivity (Wildman–Crippen MR) is 79.8 cm³/mol. The minimum Gasteiger partial charge on any atom is -0.337 e. The third kappa shape index (κ3) is 3.32. The van der Waals surface area contributed by atoms with E-state index < -0.39 is 0 Å². The number of carbonyl (C=O) groups is 1. The maximum absolute atomic E-state index is 12.2. The second kappa shape index (κ2) is 6.39. The molecule has 3 heterocycles. The molecule has 3 rings (SSSR count). The fourth-order valence-corrected chi connectivity index (χ4v) is 3.18. The zero-order chi connectivity index (χ0) is 14.7. The molecule has 0 saturated carbocycles. The Morgan fingerprint density at radius 3 is 3.19 bits per heavy atom. The van der Waals surface area contributed by atoms with Crippen LogP contribution in [0.4, 0.5) is 4.79 Å². The van der Waals surface area contributed by atoms with E-state index in [2.05, 4.69) is 27.1 Å². The highest BCUT2D eigenvalue weighted by Crippen LogP contribution is 2.16. The standard InChI is InChI=1S/C15H23N5O/c1-12-3-2-6-19(12)8-5-17-15(21)20-7-4-14-13(10-20)9-16-11-18-14/h9,11-12H,2-8,10H2,1H3,(H,17,21). The zero-order valence-corrected chi connectivity index (χ0v) is 12.6. The third-order valence-electron chi connectivity index (χ3n) is 4.51. The van der Waals surface area contributed by atoms with Gasteiger partial charge in [0.05, 0.1) is 12.2 Å². The first kappa shape index (κ1) is 14.3. The Morgan fingerprint density at radius 2 is 2.38 bits per heavy atom. The van der Waals surface area contributed by atoms with Crippen LogP contribution in [0, 0.1) is 0 Å². The lowest BCUT2D eigenvalue weighted by atomic mass is 10.1. The quantitative estimate of drug-likeness (QED) is 0.903. The van der Waals surface area contributed by atoms with Gasteiger partial charge in [-0.05, 0) is 26.3 Å². The van der Waals surface area contributed by atoms with Gasteiger partial charge in [0.15, 0.2) is 0 Å². The SMILES string of the molecule is CC1CCCN1CCNC(=O)N1CCc2ncncc2C1. The van der Waals surface area contributed by atoms with Gasteiger partial charge in [-0.25, -0.2) is 14.8 Å². The van der Waals surface area contributed by atoms with Gasteiger partial charge in [-0.15, -0.1) is 0 Å². The van der Waals surface area contributed by atoms with Gasteiger partial charge in [-0.1, -0.05) is 0 Å². The summed E-state index contributed by atoms with van der Waals surface area (Å²) in [6.07, 6.45) is 6.75. The molecule has 2 amide bonds. The van der Waals surface area contributed by atoms with Gasteiger partial charge in [0.2, 0.25) is 0 Å². The average molecular weight is 289 g/mol. The summed E-state index contributed by atoms with van der Waals surface area (Å²) in [5.74, 6) is 0. The minimum atomic E-state index is 0.0244. The lowest BCUT2D eigenvalue weighted by Gasteiger charge is -2.28. The van der Waals surface area contributed by atoms with Gasteiger partial charge in [0.1, 0.15) is 6.33 Å². The van der Waals surface area contributed by atoms with Crippen molar-refractivity contribution in [3.63, 3.8) is 0 Å². The van der Waals surface area contributed by atoms with Crippen LogP contribution in [-0.2, 0) is 13.0 Å². The van der Waals surface area contributed by atoms with Crippen molar-refractivity contribution in [1.29, 1.82) is 0 Å². The number of urea groups is 1. The summed E-state index contributed by atoms with van der Waals surface area (Å²) in [5.41, 5.74) is 2.13. The molecule has 1 atom stereocenters. The predicted octanol–water partition coefficient (Wildman–Crippen LogP) is 1.03. The lowest BCUT2D eigenvalue weighted by molar-refractivity contribution is 0.188. The number of amides is 2. The largest absolute Gasteiger partial charge is 0.337 e. The fourth-order valence-electron chi connectivity index (χ4n) is 3.18. The summed E-state index contributed by atoms with van der Waals surface area (Å²) in [6.45, 7) is 6.43. The molecule has 1 N–H and O–H groups in total. The van der Waals surface area contributed by atoms with Crippen molar-refractivity contribution in [2.45, 2.75) is 38.8 Å². The van der Waals surface area contributed by atoms with Crippen molar-refractivity contribution in [1.82, 2.24) is 25.1 Å². The number of nitrogens with one attached hydrogen (secondary N) is 1. The number of hydrogen-bond acceptors (Lipinski definition) is 4. The van der Waals surface area contributed by atoms with Crippen molar-refractivity contribution in [3.8, 4) is 0 Å². The summed E-state index contributed by atoms with van der Waals surface area (Å²) in [4.78, 5) is 24.8. The summed E-state index contributed by atoms with van der Waals surface area (Å²) in [7, 11) is 0. The Balaban J connectivity index is 1.46. The van der Waals surface area contributed by atoms with Crippen LogP contribution < -0.4 is 5.32 Å². The summed E-state index contributed by atoms with van der Waals surface area (Å²) >= 11 is 0. The molecule has 0 aliphatic carbocycles. The van der Waals surface area contributed by atoms with Crippen molar-refractivity contribution >= 4 is 6.03 Å². The highest BCUT2D eigenvalue weighted by Gasteiger charge is 2.22. The topological polar surface area (TPSA) is 61.4 Å². The second-order valence-corrected chi connectivity index (χ2v) is 5.93. The van der Waals surface area contributed by atoms with E-state index in [0.29, 0.717) is 12.6 Å². The Labute approximate surface area is 125 Å². The van der Waals surface area contributed by atoms with Crippen LogP contribution in [0.3, 0.4) is 0 Å². The molecule has 0 spiro atoms. The van der Waals surface area contributed by atoms with E-state index in [0.717, 1.165) is 43.9 Å². The first-order chi connectivity index (χ1) is 10.2. The van der Waals surface area contributed by atoms with Crippen LogP contribution in [0.25, 0.3) is 0 Å². The molecule has 1 aromatic rings. The average Bonchev–Trinajstić information content (AvgIpc) is 2.92. The van der Waals surface area contributed by atoms with Crippen LogP contribution in [-0.4, -0.2) is 58.0 Å². The highest BCUT2D eigenvalue weighted by atomic mass is 16.2. The van der Waals surface area contributed by atoms with Crippen molar-refractivity contribution in [2.24, 2.45) is 0 Å². The van der Waals surface area contributed by atoms with Gasteiger partial charge in [0.25, 0.3) is 0 Å². The summed E-state index contributed by atoms with van der Waals surface area (Å²) < 4.78 is 0. The molecule has 1 aromatic heterocycles. The van der Waals surface area contributed by atoms with E-state index in [9.17, 15) is 4.79 Å². The molecule has 2 aliphatic rings. The van der Waals surface area contributed by atoms with E-state index in [1.807, 2.05) is 11.1 Å². The van der Waals surface area contributed by atoms with Crippen LogP contribution >= 0.6 is 0 Å². The maximum atomic E-state index is 12.2. The second-order valence-electron chi connectivity index (χ2n) is 5.93. The van der Waals surface area contributed by atoms with E-state index >= 15 is 0 Å². The van der Waals surface area contributed by atoms with Gasteiger partial charge < -0.3 is 10.2 Å². The maximum Gasteiger partial charge on any atom is 0.317 e. The number of nitrogens with zero attached hydrogens (tertiary/aromatic N) is 4. The first-order valence-corrected chi connectivity index (χ1v) is 7.78. The number of aromatic nitrogens is 2. The van der Waals surface area contributed by atoms with Gasteiger partial charge in [-0.2, -0.15) is 0 Å². The van der Waals surface area contributed by atoms with Crippen LogP contribution in [0.1, 0.15) is 31.0 Å². The molecule has 114 valence electrons. The zero-order valence-electron chi connectivity index (χ0n) is 12.6. The number of likely N-dealkylation sites (tertiary alicyclic amines) is 1. The molecule has 1 fully saturated rings. The molecule has 0 radical (unpaired) electrons.